The number of ketones is 1. The molecule has 1 amide bonds. The van der Waals surface area contributed by atoms with E-state index < -0.39 is 0 Å². The van der Waals surface area contributed by atoms with Gasteiger partial charge in [0.05, 0.1) is 5.56 Å². The van der Waals surface area contributed by atoms with Gasteiger partial charge in [-0.15, -0.1) is 0 Å². The zero-order valence-corrected chi connectivity index (χ0v) is 17.8. The molecule has 2 aromatic carbocycles. The Morgan fingerprint density at radius 3 is 2.26 bits per heavy atom. The molecule has 162 valence electrons. The lowest BCUT2D eigenvalue weighted by Crippen LogP contribution is -2.43. The van der Waals surface area contributed by atoms with Crippen molar-refractivity contribution < 1.29 is 14.3 Å². The number of para-hydroxylation sites is 1. The van der Waals surface area contributed by atoms with Gasteiger partial charge in [-0.25, -0.2) is 4.79 Å². The van der Waals surface area contributed by atoms with Crippen molar-refractivity contribution >= 4 is 11.9 Å². The summed E-state index contributed by atoms with van der Waals surface area (Å²) in [5, 5.41) is 0. The number of rotatable bonds is 6. The smallest absolute Gasteiger partial charge is 0.409 e. The predicted molar refractivity (Wildman–Crippen MR) is 120 cm³/mol. The Morgan fingerprint density at radius 2 is 1.52 bits per heavy atom. The molecular formula is C25H29N3O3. The van der Waals surface area contributed by atoms with Crippen LogP contribution in [0.4, 0.5) is 4.79 Å². The largest absolute Gasteiger partial charge is 0.415 e. The molecule has 0 aromatic heterocycles. The van der Waals surface area contributed by atoms with Crippen molar-refractivity contribution in [2.45, 2.75) is 19.4 Å². The molecule has 2 aliphatic heterocycles. The highest BCUT2D eigenvalue weighted by molar-refractivity contribution is 6.06. The highest BCUT2D eigenvalue weighted by atomic mass is 16.6. The Morgan fingerprint density at radius 1 is 0.839 bits per heavy atom. The summed E-state index contributed by atoms with van der Waals surface area (Å²) in [7, 11) is 0. The first-order valence-electron chi connectivity index (χ1n) is 11.0. The summed E-state index contributed by atoms with van der Waals surface area (Å²) in [4.78, 5) is 31.4. The van der Waals surface area contributed by atoms with Gasteiger partial charge in [-0.05, 0) is 30.5 Å². The first-order chi connectivity index (χ1) is 15.2. The molecule has 0 saturated carbocycles. The van der Waals surface area contributed by atoms with Crippen LogP contribution in [-0.2, 0) is 6.54 Å². The summed E-state index contributed by atoms with van der Waals surface area (Å²) < 4.78 is 5.53. The average molecular weight is 420 g/mol. The van der Waals surface area contributed by atoms with Crippen LogP contribution in [-0.4, -0.2) is 65.8 Å². The van der Waals surface area contributed by atoms with Crippen LogP contribution in [0.5, 0.6) is 5.75 Å². The zero-order valence-electron chi connectivity index (χ0n) is 17.8. The van der Waals surface area contributed by atoms with Gasteiger partial charge in [0.15, 0.2) is 5.78 Å². The number of amides is 1. The lowest BCUT2D eigenvalue weighted by Gasteiger charge is -2.34. The Kier molecular flexibility index (Phi) is 6.99. The topological polar surface area (TPSA) is 53.1 Å². The lowest BCUT2D eigenvalue weighted by molar-refractivity contribution is 0.103. The molecule has 2 aliphatic rings. The van der Waals surface area contributed by atoms with Crippen LogP contribution in [0.1, 0.15) is 28.8 Å². The van der Waals surface area contributed by atoms with Crippen LogP contribution in [0.2, 0.25) is 0 Å². The number of benzene rings is 2. The van der Waals surface area contributed by atoms with Gasteiger partial charge >= 0.3 is 6.09 Å². The number of ether oxygens (including phenoxy) is 1. The van der Waals surface area contributed by atoms with Crippen molar-refractivity contribution in [2.75, 3.05) is 39.3 Å². The number of piperazine rings is 1. The first-order valence-corrected chi connectivity index (χ1v) is 11.0. The van der Waals surface area contributed by atoms with Crippen molar-refractivity contribution in [1.82, 2.24) is 14.7 Å². The van der Waals surface area contributed by atoms with E-state index in [1.807, 2.05) is 12.3 Å². The van der Waals surface area contributed by atoms with Gasteiger partial charge in [-0.3, -0.25) is 9.69 Å². The van der Waals surface area contributed by atoms with E-state index in [0.717, 1.165) is 45.6 Å². The predicted octanol–water partition coefficient (Wildman–Crippen LogP) is 3.80. The van der Waals surface area contributed by atoms with Gasteiger partial charge in [-0.2, -0.15) is 0 Å². The molecular weight excluding hydrogens is 390 g/mol. The second-order valence-electron chi connectivity index (χ2n) is 8.04. The minimum atomic E-state index is -0.378. The van der Waals surface area contributed by atoms with E-state index in [9.17, 15) is 9.59 Å². The highest BCUT2D eigenvalue weighted by Crippen LogP contribution is 2.21. The Labute approximate surface area is 183 Å². The molecule has 0 spiro atoms. The summed E-state index contributed by atoms with van der Waals surface area (Å²) in [5.41, 5.74) is 1.73. The monoisotopic (exact) mass is 419 g/mol. The molecule has 31 heavy (non-hydrogen) atoms. The summed E-state index contributed by atoms with van der Waals surface area (Å²) in [5.74, 6) is 0.165. The van der Waals surface area contributed by atoms with E-state index in [2.05, 4.69) is 34.1 Å². The Hall–Kier alpha value is -3.12. The SMILES string of the molecule is O=C(C=CN1CCN(Cc2ccccc2)CC1)c1ccccc1OC(=O)N1CCCC1. The molecule has 2 fully saturated rings. The van der Waals surface area contributed by atoms with Crippen LogP contribution < -0.4 is 4.74 Å². The molecule has 6 heteroatoms. The third-order valence-corrected chi connectivity index (χ3v) is 5.81. The Balaban J connectivity index is 1.31. The second-order valence-corrected chi connectivity index (χ2v) is 8.04. The fourth-order valence-electron chi connectivity index (χ4n) is 3.99. The summed E-state index contributed by atoms with van der Waals surface area (Å²) in [6, 6.07) is 17.4. The summed E-state index contributed by atoms with van der Waals surface area (Å²) in [6.07, 6.45) is 5.06. The minimum absolute atomic E-state index is 0.156. The van der Waals surface area contributed by atoms with E-state index in [0.29, 0.717) is 24.4 Å². The van der Waals surface area contributed by atoms with Gasteiger partial charge in [0.1, 0.15) is 5.75 Å². The molecule has 4 rings (SSSR count). The summed E-state index contributed by atoms with van der Waals surface area (Å²) in [6.45, 7) is 6.04. The van der Waals surface area contributed by atoms with Gasteiger partial charge < -0.3 is 14.5 Å². The van der Waals surface area contributed by atoms with E-state index in [4.69, 9.17) is 4.74 Å². The van der Waals surface area contributed by atoms with Crippen LogP contribution in [0.15, 0.2) is 66.9 Å². The van der Waals surface area contributed by atoms with E-state index in [-0.39, 0.29) is 11.9 Å². The van der Waals surface area contributed by atoms with Crippen molar-refractivity contribution in [2.24, 2.45) is 0 Å². The first kappa shape index (κ1) is 21.1. The molecule has 6 nitrogen and oxygen atoms in total. The molecule has 0 radical (unpaired) electrons. The number of likely N-dealkylation sites (tertiary alicyclic amines) is 1. The lowest BCUT2D eigenvalue weighted by atomic mass is 10.1. The van der Waals surface area contributed by atoms with E-state index in [1.165, 1.54) is 5.56 Å². The molecule has 0 bridgehead atoms. The minimum Gasteiger partial charge on any atom is -0.409 e. The molecule has 0 aliphatic carbocycles. The van der Waals surface area contributed by atoms with Gasteiger partial charge in [0, 0.05) is 58.1 Å². The standard InChI is InChI=1S/C25H29N3O3/c29-23(22-10-4-5-11-24(22)31-25(30)28-13-6-7-14-28)12-15-26-16-18-27(19-17-26)20-21-8-2-1-3-9-21/h1-5,8-12,15H,6-7,13-14,16-20H2. The molecule has 0 atom stereocenters. The van der Waals surface area contributed by atoms with Gasteiger partial charge in [0.25, 0.3) is 0 Å². The average Bonchev–Trinajstić information content (AvgIpc) is 3.35. The van der Waals surface area contributed by atoms with Crippen molar-refractivity contribution in [3.05, 3.63) is 78.0 Å². The van der Waals surface area contributed by atoms with Crippen LogP contribution in [0, 0.1) is 0 Å². The van der Waals surface area contributed by atoms with Gasteiger partial charge in [0.2, 0.25) is 0 Å². The molecule has 2 aromatic rings. The van der Waals surface area contributed by atoms with E-state index in [1.54, 1.807) is 35.2 Å². The number of allylic oxidation sites excluding steroid dienone is 1. The third-order valence-electron chi connectivity index (χ3n) is 5.81. The fourth-order valence-corrected chi connectivity index (χ4v) is 3.99. The van der Waals surface area contributed by atoms with Crippen LogP contribution in [0.3, 0.4) is 0 Å². The number of carbonyl (C=O) groups excluding carboxylic acids is 2. The van der Waals surface area contributed by atoms with Crippen molar-refractivity contribution in [3.63, 3.8) is 0 Å². The van der Waals surface area contributed by atoms with Gasteiger partial charge in [-0.1, -0.05) is 42.5 Å². The number of hydrogen-bond donors (Lipinski definition) is 0. The molecule has 0 unspecified atom stereocenters. The normalized spacial score (nSPS) is 17.3. The van der Waals surface area contributed by atoms with E-state index >= 15 is 0 Å². The third kappa shape index (κ3) is 5.73. The number of nitrogens with zero attached hydrogens (tertiary/aromatic N) is 3. The van der Waals surface area contributed by atoms with Crippen LogP contribution >= 0.6 is 0 Å². The van der Waals surface area contributed by atoms with Crippen molar-refractivity contribution in [3.8, 4) is 5.75 Å². The summed E-state index contributed by atoms with van der Waals surface area (Å²) >= 11 is 0. The Bertz CT molecular complexity index is 915. The second kappa shape index (κ2) is 10.3. The maximum Gasteiger partial charge on any atom is 0.415 e. The van der Waals surface area contributed by atoms with Crippen LogP contribution in [0.25, 0.3) is 0 Å². The quantitative estimate of drug-likeness (QED) is 0.527. The fraction of sp³-hybridized carbons (Fsp3) is 0.360. The maximum atomic E-state index is 12.8. The molecule has 0 N–H and O–H groups in total. The number of hydrogen-bond acceptors (Lipinski definition) is 5. The molecule has 2 heterocycles. The highest BCUT2D eigenvalue weighted by Gasteiger charge is 2.22. The maximum absolute atomic E-state index is 12.8. The van der Waals surface area contributed by atoms with Crippen molar-refractivity contribution in [1.29, 1.82) is 0 Å². The number of carbonyl (C=O) groups is 2. The zero-order chi connectivity index (χ0) is 21.5. The molecule has 2 saturated heterocycles.